The minimum absolute atomic E-state index is 0.113. The number of methoxy groups -OCH3 is 1. The van der Waals surface area contributed by atoms with Gasteiger partial charge in [-0.05, 0) is 49.4 Å². The van der Waals surface area contributed by atoms with E-state index in [1.54, 1.807) is 26.8 Å². The number of aryl methyl sites for hydroxylation is 1. The van der Waals surface area contributed by atoms with E-state index in [1.165, 1.54) is 7.11 Å². The molecule has 31 heavy (non-hydrogen) atoms. The van der Waals surface area contributed by atoms with Crippen LogP contribution in [-0.4, -0.2) is 43.2 Å². The fourth-order valence-electron chi connectivity index (χ4n) is 3.13. The van der Waals surface area contributed by atoms with Gasteiger partial charge in [0.15, 0.2) is 6.61 Å². The van der Waals surface area contributed by atoms with Crippen molar-refractivity contribution in [2.45, 2.75) is 47.0 Å². The van der Waals surface area contributed by atoms with Crippen LogP contribution in [-0.2, 0) is 19.7 Å². The van der Waals surface area contributed by atoms with Gasteiger partial charge in [0.1, 0.15) is 11.4 Å². The van der Waals surface area contributed by atoms with Crippen molar-refractivity contribution in [1.29, 1.82) is 0 Å². The lowest BCUT2D eigenvalue weighted by Gasteiger charge is -2.21. The Morgan fingerprint density at radius 3 is 2.32 bits per heavy atom. The number of benzene rings is 1. The monoisotopic (exact) mass is 430 g/mol. The normalized spacial score (nSPS) is 11.1. The van der Waals surface area contributed by atoms with Crippen LogP contribution in [0.1, 0.15) is 65.4 Å². The van der Waals surface area contributed by atoms with E-state index in [0.717, 1.165) is 5.56 Å². The van der Waals surface area contributed by atoms with Crippen molar-refractivity contribution >= 4 is 23.5 Å². The van der Waals surface area contributed by atoms with Crippen LogP contribution in [0.5, 0.6) is 5.75 Å². The van der Waals surface area contributed by atoms with E-state index in [4.69, 9.17) is 14.2 Å². The predicted octanol–water partition coefficient (Wildman–Crippen LogP) is 3.91. The second kappa shape index (κ2) is 9.68. The van der Waals surface area contributed by atoms with Crippen molar-refractivity contribution in [3.8, 4) is 5.75 Å². The van der Waals surface area contributed by atoms with Crippen LogP contribution in [0.15, 0.2) is 18.2 Å². The van der Waals surface area contributed by atoms with E-state index in [2.05, 4.69) is 31.1 Å². The van der Waals surface area contributed by atoms with Crippen molar-refractivity contribution in [3.63, 3.8) is 0 Å². The number of H-pyrrole nitrogens is 1. The van der Waals surface area contributed by atoms with Crippen LogP contribution in [0.4, 0.5) is 5.69 Å². The Morgan fingerprint density at radius 2 is 1.74 bits per heavy atom. The molecular formula is C23H30N2O6. The standard InChI is InChI=1S/C23H30N2O6/c1-8-30-22(28)20-13(2)19(14(3)24-20)21(27)31-12-18(26)25-16-11-15(23(4,5)6)9-10-17(16)29-7/h9-11,24H,8,12H2,1-7H3,(H,25,26). The van der Waals surface area contributed by atoms with Crippen LogP contribution >= 0.6 is 0 Å². The maximum Gasteiger partial charge on any atom is 0.355 e. The molecule has 0 saturated carbocycles. The number of carbonyl (C=O) groups excluding carboxylic acids is 3. The quantitative estimate of drug-likeness (QED) is 0.645. The van der Waals surface area contributed by atoms with Crippen molar-refractivity contribution in [2.75, 3.05) is 25.6 Å². The fourth-order valence-corrected chi connectivity index (χ4v) is 3.13. The second-order valence-corrected chi connectivity index (χ2v) is 8.13. The summed E-state index contributed by atoms with van der Waals surface area (Å²) in [6, 6.07) is 5.56. The molecule has 0 aliphatic rings. The number of anilines is 1. The predicted molar refractivity (Wildman–Crippen MR) is 117 cm³/mol. The molecule has 0 saturated heterocycles. The van der Waals surface area contributed by atoms with Crippen LogP contribution in [0.25, 0.3) is 0 Å². The molecule has 0 radical (unpaired) electrons. The molecule has 2 rings (SSSR count). The first-order valence-electron chi connectivity index (χ1n) is 10.0. The third kappa shape index (κ3) is 5.65. The molecular weight excluding hydrogens is 400 g/mol. The highest BCUT2D eigenvalue weighted by Crippen LogP contribution is 2.31. The molecule has 8 nitrogen and oxygen atoms in total. The summed E-state index contributed by atoms with van der Waals surface area (Å²) >= 11 is 0. The molecule has 2 N–H and O–H groups in total. The molecule has 0 spiro atoms. The van der Waals surface area contributed by atoms with Crippen LogP contribution in [0.2, 0.25) is 0 Å². The van der Waals surface area contributed by atoms with Gasteiger partial charge in [-0.3, -0.25) is 4.79 Å². The van der Waals surface area contributed by atoms with Crippen LogP contribution in [0, 0.1) is 13.8 Å². The number of nitrogens with one attached hydrogen (secondary N) is 2. The highest BCUT2D eigenvalue weighted by atomic mass is 16.5. The van der Waals surface area contributed by atoms with Gasteiger partial charge in [0.2, 0.25) is 0 Å². The first kappa shape index (κ1) is 24.0. The number of hydrogen-bond donors (Lipinski definition) is 2. The van der Waals surface area contributed by atoms with Crippen molar-refractivity contribution in [1.82, 2.24) is 4.98 Å². The summed E-state index contributed by atoms with van der Waals surface area (Å²) in [7, 11) is 1.51. The molecule has 1 aromatic heterocycles. The number of hydrogen-bond acceptors (Lipinski definition) is 6. The highest BCUT2D eigenvalue weighted by molar-refractivity contribution is 6.00. The number of ether oxygens (including phenoxy) is 3. The number of carbonyl (C=O) groups is 3. The number of rotatable bonds is 7. The summed E-state index contributed by atoms with van der Waals surface area (Å²) in [4.78, 5) is 39.8. The molecule has 2 aromatic rings. The zero-order chi connectivity index (χ0) is 23.3. The Bertz CT molecular complexity index is 985. The third-order valence-corrected chi connectivity index (χ3v) is 4.80. The smallest absolute Gasteiger partial charge is 0.355 e. The molecule has 0 bridgehead atoms. The summed E-state index contributed by atoms with van der Waals surface area (Å²) in [5.74, 6) is -1.25. The Balaban J connectivity index is 2.10. The summed E-state index contributed by atoms with van der Waals surface area (Å²) in [5, 5.41) is 2.73. The van der Waals surface area contributed by atoms with Crippen molar-refractivity contribution in [2.24, 2.45) is 0 Å². The second-order valence-electron chi connectivity index (χ2n) is 8.13. The molecule has 0 fully saturated rings. The Morgan fingerprint density at radius 1 is 1.06 bits per heavy atom. The molecule has 1 aromatic carbocycles. The molecule has 0 unspecified atom stereocenters. The maximum atomic E-state index is 12.5. The summed E-state index contributed by atoms with van der Waals surface area (Å²) in [6.45, 7) is 10.9. The molecule has 0 aliphatic carbocycles. The van der Waals surface area contributed by atoms with Gasteiger partial charge in [0.05, 0.1) is 25.0 Å². The van der Waals surface area contributed by atoms with Gasteiger partial charge in [-0.25, -0.2) is 9.59 Å². The van der Waals surface area contributed by atoms with E-state index in [1.807, 2.05) is 12.1 Å². The Hall–Kier alpha value is -3.29. The van der Waals surface area contributed by atoms with E-state index >= 15 is 0 Å². The topological polar surface area (TPSA) is 107 Å². The molecule has 8 heteroatoms. The lowest BCUT2D eigenvalue weighted by Crippen LogP contribution is -2.22. The molecule has 168 valence electrons. The minimum Gasteiger partial charge on any atom is -0.495 e. The lowest BCUT2D eigenvalue weighted by molar-refractivity contribution is -0.119. The largest absolute Gasteiger partial charge is 0.495 e. The van der Waals surface area contributed by atoms with E-state index in [-0.39, 0.29) is 23.3 Å². The Labute approximate surface area is 182 Å². The van der Waals surface area contributed by atoms with Crippen molar-refractivity contribution < 1.29 is 28.6 Å². The van der Waals surface area contributed by atoms with Gasteiger partial charge in [-0.2, -0.15) is 0 Å². The number of esters is 2. The summed E-state index contributed by atoms with van der Waals surface area (Å²) < 4.78 is 15.5. The first-order chi connectivity index (χ1) is 14.5. The molecule has 1 amide bonds. The average Bonchev–Trinajstić information content (AvgIpc) is 3.00. The van der Waals surface area contributed by atoms with Gasteiger partial charge in [-0.1, -0.05) is 26.8 Å². The number of aromatic nitrogens is 1. The zero-order valence-corrected chi connectivity index (χ0v) is 19.1. The van der Waals surface area contributed by atoms with Gasteiger partial charge >= 0.3 is 11.9 Å². The van der Waals surface area contributed by atoms with Gasteiger partial charge in [-0.15, -0.1) is 0 Å². The first-order valence-corrected chi connectivity index (χ1v) is 10.0. The average molecular weight is 431 g/mol. The number of aromatic amines is 1. The number of amides is 1. The van der Waals surface area contributed by atoms with E-state index in [9.17, 15) is 14.4 Å². The van der Waals surface area contributed by atoms with Gasteiger partial charge in [0, 0.05) is 5.69 Å². The molecule has 0 atom stereocenters. The van der Waals surface area contributed by atoms with Crippen molar-refractivity contribution in [3.05, 3.63) is 46.3 Å². The Kier molecular flexibility index (Phi) is 7.49. The zero-order valence-electron chi connectivity index (χ0n) is 19.1. The fraction of sp³-hybridized carbons (Fsp3) is 0.435. The highest BCUT2D eigenvalue weighted by Gasteiger charge is 2.24. The molecule has 0 aliphatic heterocycles. The molecule has 1 heterocycles. The van der Waals surface area contributed by atoms with Crippen LogP contribution in [0.3, 0.4) is 0 Å². The SMILES string of the molecule is CCOC(=O)c1[nH]c(C)c(C(=O)OCC(=O)Nc2cc(C(C)(C)C)ccc2OC)c1C. The minimum atomic E-state index is -0.702. The lowest BCUT2D eigenvalue weighted by atomic mass is 9.87. The maximum absolute atomic E-state index is 12.5. The third-order valence-electron chi connectivity index (χ3n) is 4.80. The van der Waals surface area contributed by atoms with Gasteiger partial charge in [0.25, 0.3) is 5.91 Å². The summed E-state index contributed by atoms with van der Waals surface area (Å²) in [6.07, 6.45) is 0. The van der Waals surface area contributed by atoms with Crippen LogP contribution < -0.4 is 10.1 Å². The van der Waals surface area contributed by atoms with Gasteiger partial charge < -0.3 is 24.5 Å². The van der Waals surface area contributed by atoms with E-state index < -0.39 is 24.5 Å². The van der Waals surface area contributed by atoms with E-state index in [0.29, 0.717) is 22.7 Å². The summed E-state index contributed by atoms with van der Waals surface area (Å²) in [5.41, 5.74) is 2.69.